The van der Waals surface area contributed by atoms with Crippen molar-refractivity contribution in [2.45, 2.75) is 59.4 Å². The Bertz CT molecular complexity index is 189. The maximum atomic E-state index is 3.77. The van der Waals surface area contributed by atoms with Gasteiger partial charge in [0.05, 0.1) is 0 Å². The van der Waals surface area contributed by atoms with Gasteiger partial charge in [-0.15, -0.1) is 0 Å². The Morgan fingerprint density at radius 3 is 2.41 bits per heavy atom. The van der Waals surface area contributed by atoms with E-state index in [1.165, 1.54) is 51.9 Å². The molecule has 2 heteroatoms. The minimum absolute atomic E-state index is 0.780. The molecule has 0 aromatic heterocycles. The van der Waals surface area contributed by atoms with E-state index in [0.717, 1.165) is 17.9 Å². The van der Waals surface area contributed by atoms with Crippen LogP contribution in [-0.4, -0.2) is 37.1 Å². The molecule has 1 aliphatic rings. The third kappa shape index (κ3) is 5.39. The number of hydrogen-bond acceptors (Lipinski definition) is 2. The Labute approximate surface area is 108 Å². The fraction of sp³-hybridized carbons (Fsp3) is 1.00. The van der Waals surface area contributed by atoms with Gasteiger partial charge in [0.15, 0.2) is 0 Å². The standard InChI is InChI=1S/C15H32N2/c1-5-17(6-2)11-7-10-16-15-9-8-13(3)12-14(15)4/h13-16H,5-12H2,1-4H3. The van der Waals surface area contributed by atoms with Gasteiger partial charge in [0.2, 0.25) is 0 Å². The van der Waals surface area contributed by atoms with Crippen molar-refractivity contribution in [3.63, 3.8) is 0 Å². The van der Waals surface area contributed by atoms with Crippen LogP contribution in [0.4, 0.5) is 0 Å². The van der Waals surface area contributed by atoms with Crippen LogP contribution in [0.15, 0.2) is 0 Å². The lowest BCUT2D eigenvalue weighted by Gasteiger charge is -2.33. The highest BCUT2D eigenvalue weighted by atomic mass is 15.1. The molecular formula is C15H32N2. The average molecular weight is 240 g/mol. The zero-order valence-electron chi connectivity index (χ0n) is 12.3. The van der Waals surface area contributed by atoms with Gasteiger partial charge >= 0.3 is 0 Å². The first kappa shape index (κ1) is 15.0. The predicted octanol–water partition coefficient (Wildman–Crippen LogP) is 3.13. The second-order valence-electron chi connectivity index (χ2n) is 5.84. The first-order valence-electron chi connectivity index (χ1n) is 7.63. The quantitative estimate of drug-likeness (QED) is 0.688. The third-order valence-corrected chi connectivity index (χ3v) is 4.38. The fourth-order valence-electron chi connectivity index (χ4n) is 3.10. The lowest BCUT2D eigenvalue weighted by atomic mass is 9.80. The topological polar surface area (TPSA) is 15.3 Å². The highest BCUT2D eigenvalue weighted by Crippen LogP contribution is 2.28. The van der Waals surface area contributed by atoms with Crippen LogP contribution in [0.3, 0.4) is 0 Å². The van der Waals surface area contributed by atoms with E-state index >= 15 is 0 Å². The Morgan fingerprint density at radius 2 is 1.82 bits per heavy atom. The second-order valence-corrected chi connectivity index (χ2v) is 5.84. The van der Waals surface area contributed by atoms with Crippen LogP contribution >= 0.6 is 0 Å². The van der Waals surface area contributed by atoms with Crippen LogP contribution in [0.1, 0.15) is 53.4 Å². The number of nitrogens with zero attached hydrogens (tertiary/aromatic N) is 1. The molecule has 0 aliphatic heterocycles. The molecule has 0 bridgehead atoms. The fourth-order valence-corrected chi connectivity index (χ4v) is 3.10. The summed E-state index contributed by atoms with van der Waals surface area (Å²) in [7, 11) is 0. The molecule has 17 heavy (non-hydrogen) atoms. The van der Waals surface area contributed by atoms with Crippen molar-refractivity contribution in [1.82, 2.24) is 10.2 Å². The zero-order chi connectivity index (χ0) is 12.7. The summed E-state index contributed by atoms with van der Waals surface area (Å²) in [5.74, 6) is 1.81. The molecule has 0 saturated heterocycles. The monoisotopic (exact) mass is 240 g/mol. The second kappa shape index (κ2) is 8.10. The summed E-state index contributed by atoms with van der Waals surface area (Å²) in [5.41, 5.74) is 0. The van der Waals surface area contributed by atoms with Crippen LogP contribution < -0.4 is 5.32 Å². The van der Waals surface area contributed by atoms with Crippen molar-refractivity contribution in [3.05, 3.63) is 0 Å². The molecule has 2 nitrogen and oxygen atoms in total. The zero-order valence-corrected chi connectivity index (χ0v) is 12.3. The summed E-state index contributed by atoms with van der Waals surface area (Å²) >= 11 is 0. The van der Waals surface area contributed by atoms with Crippen LogP contribution in [-0.2, 0) is 0 Å². The van der Waals surface area contributed by atoms with Crippen molar-refractivity contribution < 1.29 is 0 Å². The van der Waals surface area contributed by atoms with E-state index in [1.54, 1.807) is 0 Å². The van der Waals surface area contributed by atoms with E-state index in [-0.39, 0.29) is 0 Å². The minimum Gasteiger partial charge on any atom is -0.314 e. The van der Waals surface area contributed by atoms with E-state index in [1.807, 2.05) is 0 Å². The Balaban J connectivity index is 2.10. The highest BCUT2D eigenvalue weighted by Gasteiger charge is 2.24. The van der Waals surface area contributed by atoms with Crippen LogP contribution in [0.5, 0.6) is 0 Å². The van der Waals surface area contributed by atoms with Gasteiger partial charge in [0, 0.05) is 6.04 Å². The molecule has 1 saturated carbocycles. The molecule has 1 fully saturated rings. The Hall–Kier alpha value is -0.0800. The van der Waals surface area contributed by atoms with E-state index < -0.39 is 0 Å². The smallest absolute Gasteiger partial charge is 0.00928 e. The maximum absolute atomic E-state index is 3.77. The predicted molar refractivity (Wildman–Crippen MR) is 76.4 cm³/mol. The van der Waals surface area contributed by atoms with E-state index in [2.05, 4.69) is 37.9 Å². The van der Waals surface area contributed by atoms with Gasteiger partial charge in [-0.1, -0.05) is 27.7 Å². The molecular weight excluding hydrogens is 208 g/mol. The Kier molecular flexibility index (Phi) is 7.14. The largest absolute Gasteiger partial charge is 0.314 e. The normalized spacial score (nSPS) is 29.8. The van der Waals surface area contributed by atoms with Crippen LogP contribution in [0, 0.1) is 11.8 Å². The first-order valence-corrected chi connectivity index (χ1v) is 7.63. The summed E-state index contributed by atoms with van der Waals surface area (Å²) < 4.78 is 0. The van der Waals surface area contributed by atoms with Crippen molar-refractivity contribution in [1.29, 1.82) is 0 Å². The van der Waals surface area contributed by atoms with Gasteiger partial charge in [0.25, 0.3) is 0 Å². The van der Waals surface area contributed by atoms with Gasteiger partial charge in [-0.3, -0.25) is 0 Å². The molecule has 0 aromatic rings. The van der Waals surface area contributed by atoms with Crippen molar-refractivity contribution in [3.8, 4) is 0 Å². The molecule has 3 atom stereocenters. The molecule has 0 amide bonds. The lowest BCUT2D eigenvalue weighted by Crippen LogP contribution is -2.40. The molecule has 1 N–H and O–H groups in total. The van der Waals surface area contributed by atoms with Crippen molar-refractivity contribution in [2.24, 2.45) is 11.8 Å². The van der Waals surface area contributed by atoms with Crippen molar-refractivity contribution >= 4 is 0 Å². The molecule has 0 aromatic carbocycles. The third-order valence-electron chi connectivity index (χ3n) is 4.38. The van der Waals surface area contributed by atoms with Gasteiger partial charge < -0.3 is 10.2 Å². The van der Waals surface area contributed by atoms with E-state index in [9.17, 15) is 0 Å². The minimum atomic E-state index is 0.780. The molecule has 102 valence electrons. The summed E-state index contributed by atoms with van der Waals surface area (Å²) in [5, 5.41) is 3.77. The molecule has 3 unspecified atom stereocenters. The summed E-state index contributed by atoms with van der Waals surface area (Å²) in [6.07, 6.45) is 5.50. The first-order chi connectivity index (χ1) is 8.17. The maximum Gasteiger partial charge on any atom is 0.00928 e. The molecule has 0 radical (unpaired) electrons. The van der Waals surface area contributed by atoms with Gasteiger partial charge in [-0.2, -0.15) is 0 Å². The molecule has 0 spiro atoms. The van der Waals surface area contributed by atoms with Gasteiger partial charge in [-0.25, -0.2) is 0 Å². The summed E-state index contributed by atoms with van der Waals surface area (Å²) in [6.45, 7) is 14.1. The molecule has 1 rings (SSSR count). The Morgan fingerprint density at radius 1 is 1.12 bits per heavy atom. The van der Waals surface area contributed by atoms with Crippen LogP contribution in [0.2, 0.25) is 0 Å². The van der Waals surface area contributed by atoms with Gasteiger partial charge in [0.1, 0.15) is 0 Å². The average Bonchev–Trinajstić information content (AvgIpc) is 2.32. The lowest BCUT2D eigenvalue weighted by molar-refractivity contribution is 0.223. The van der Waals surface area contributed by atoms with E-state index in [4.69, 9.17) is 0 Å². The summed E-state index contributed by atoms with van der Waals surface area (Å²) in [4.78, 5) is 2.51. The van der Waals surface area contributed by atoms with Crippen LogP contribution in [0.25, 0.3) is 0 Å². The molecule has 0 heterocycles. The number of rotatable bonds is 7. The van der Waals surface area contributed by atoms with E-state index in [0.29, 0.717) is 0 Å². The number of nitrogens with one attached hydrogen (secondary N) is 1. The number of hydrogen-bond donors (Lipinski definition) is 1. The molecule has 1 aliphatic carbocycles. The van der Waals surface area contributed by atoms with Crippen molar-refractivity contribution in [2.75, 3.05) is 26.2 Å². The SMILES string of the molecule is CCN(CC)CCCNC1CCC(C)CC1C. The van der Waals surface area contributed by atoms with Gasteiger partial charge in [-0.05, 0) is 63.7 Å². The summed E-state index contributed by atoms with van der Waals surface area (Å²) in [6, 6.07) is 0.780. The highest BCUT2D eigenvalue weighted by molar-refractivity contribution is 4.80.